The minimum Gasteiger partial charge on any atom is -0.0610 e. The van der Waals surface area contributed by atoms with Gasteiger partial charge >= 0.3 is 0 Å². The van der Waals surface area contributed by atoms with Crippen molar-refractivity contribution in [1.82, 2.24) is 0 Å². The summed E-state index contributed by atoms with van der Waals surface area (Å²) in [6.45, 7) is 0. The third kappa shape index (κ3) is 4.46. The standard InChI is InChI=1S/C48H30/c1-3-37-19-23-41-27-33(28-42-24-20-38(4-1)45(37)47(41)42)9-7-31-11-15-35(16-12-31)36-17-13-32(14-18-36)8-10-34-29-43-25-21-39-5-2-6-40-22-26-44(30-34)48(43)46(39)40/h1-30H/b9-7+,10-8+. The highest BCUT2D eigenvalue weighted by atomic mass is 14.1. The van der Waals surface area contributed by atoms with E-state index in [1.54, 1.807) is 0 Å². The van der Waals surface area contributed by atoms with E-state index in [9.17, 15) is 0 Å². The molecule has 0 aliphatic heterocycles. The predicted molar refractivity (Wildman–Crippen MR) is 210 cm³/mol. The second kappa shape index (κ2) is 10.7. The molecule has 0 amide bonds. The van der Waals surface area contributed by atoms with Crippen LogP contribution in [0.4, 0.5) is 0 Å². The third-order valence-electron chi connectivity index (χ3n) is 10.1. The molecule has 0 nitrogen and oxygen atoms in total. The third-order valence-corrected chi connectivity index (χ3v) is 10.1. The van der Waals surface area contributed by atoms with Crippen molar-refractivity contribution < 1.29 is 0 Å². The van der Waals surface area contributed by atoms with Gasteiger partial charge in [0.2, 0.25) is 0 Å². The Morgan fingerprint density at radius 1 is 0.229 bits per heavy atom. The molecule has 0 heterocycles. The molecule has 0 bridgehead atoms. The van der Waals surface area contributed by atoms with Crippen LogP contribution in [0.1, 0.15) is 22.3 Å². The van der Waals surface area contributed by atoms with E-state index in [1.165, 1.54) is 98.0 Å². The van der Waals surface area contributed by atoms with E-state index in [0.29, 0.717) is 0 Å². The monoisotopic (exact) mass is 606 g/mol. The Morgan fingerprint density at radius 3 is 0.833 bits per heavy atom. The molecule has 0 N–H and O–H groups in total. The first-order valence-corrected chi connectivity index (χ1v) is 16.7. The fraction of sp³-hybridized carbons (Fsp3) is 0. The van der Waals surface area contributed by atoms with Gasteiger partial charge in [0.05, 0.1) is 0 Å². The highest BCUT2D eigenvalue weighted by molar-refractivity contribution is 6.24. The Bertz CT molecular complexity index is 2520. The zero-order valence-corrected chi connectivity index (χ0v) is 26.3. The summed E-state index contributed by atoms with van der Waals surface area (Å²) in [5, 5.41) is 15.9. The van der Waals surface area contributed by atoms with Gasteiger partial charge in [0.25, 0.3) is 0 Å². The fourth-order valence-corrected chi connectivity index (χ4v) is 7.71. The van der Waals surface area contributed by atoms with E-state index < -0.39 is 0 Å². The van der Waals surface area contributed by atoms with E-state index in [-0.39, 0.29) is 0 Å². The van der Waals surface area contributed by atoms with Gasteiger partial charge in [-0.1, -0.05) is 158 Å². The SMILES string of the molecule is C(=C\c1cc2ccc3cccc4ccc(c1)c2c34)/c1ccc(-c2ccc(/C=C/c3cc4ccc5cccc6ccc(c3)c4c56)cc2)cc1. The van der Waals surface area contributed by atoms with Gasteiger partial charge in [-0.2, -0.15) is 0 Å². The molecular weight excluding hydrogens is 577 g/mol. The maximum atomic E-state index is 2.30. The number of hydrogen-bond acceptors (Lipinski definition) is 0. The first-order valence-electron chi connectivity index (χ1n) is 16.7. The van der Waals surface area contributed by atoms with E-state index in [0.717, 1.165) is 0 Å². The molecule has 0 saturated carbocycles. The van der Waals surface area contributed by atoms with Crippen molar-refractivity contribution in [2.24, 2.45) is 0 Å². The van der Waals surface area contributed by atoms with Crippen LogP contribution in [-0.4, -0.2) is 0 Å². The van der Waals surface area contributed by atoms with E-state index >= 15 is 0 Å². The molecule has 0 saturated heterocycles. The van der Waals surface area contributed by atoms with Crippen LogP contribution in [0.2, 0.25) is 0 Å². The van der Waals surface area contributed by atoms with Crippen LogP contribution in [0, 0.1) is 0 Å². The molecular formula is C48H30. The molecule has 0 spiro atoms. The lowest BCUT2D eigenvalue weighted by molar-refractivity contribution is 1.59. The first-order chi connectivity index (χ1) is 23.7. The van der Waals surface area contributed by atoms with Gasteiger partial charge in [0, 0.05) is 0 Å². The van der Waals surface area contributed by atoms with Crippen molar-refractivity contribution >= 4 is 88.9 Å². The molecule has 10 rings (SSSR count). The summed E-state index contributed by atoms with van der Waals surface area (Å²) < 4.78 is 0. The average molecular weight is 607 g/mol. The summed E-state index contributed by atoms with van der Waals surface area (Å²) in [6.07, 6.45) is 8.88. The van der Waals surface area contributed by atoms with E-state index in [4.69, 9.17) is 0 Å². The Morgan fingerprint density at radius 2 is 0.500 bits per heavy atom. The Kier molecular flexibility index (Phi) is 5.98. The minimum absolute atomic E-state index is 1.19. The normalized spacial score (nSPS) is 12.4. The minimum atomic E-state index is 1.19. The Labute approximate surface area is 279 Å². The lowest BCUT2D eigenvalue weighted by atomic mass is 9.93. The fourth-order valence-electron chi connectivity index (χ4n) is 7.71. The molecule has 222 valence electrons. The molecule has 10 aromatic carbocycles. The van der Waals surface area contributed by atoms with Gasteiger partial charge in [0.1, 0.15) is 0 Å². The molecule has 0 unspecified atom stereocenters. The zero-order valence-electron chi connectivity index (χ0n) is 26.3. The smallest absolute Gasteiger partial charge is 0.00264 e. The first kappa shape index (κ1) is 26.9. The van der Waals surface area contributed by atoms with Crippen LogP contribution < -0.4 is 0 Å². The van der Waals surface area contributed by atoms with Crippen LogP contribution in [0.25, 0.3) is 100 Å². The van der Waals surface area contributed by atoms with Crippen molar-refractivity contribution in [2.75, 3.05) is 0 Å². The maximum Gasteiger partial charge on any atom is -0.00264 e. The molecule has 0 aromatic heterocycles. The van der Waals surface area contributed by atoms with Crippen molar-refractivity contribution in [3.8, 4) is 11.1 Å². The van der Waals surface area contributed by atoms with Gasteiger partial charge in [0.15, 0.2) is 0 Å². The predicted octanol–water partition coefficient (Wildman–Crippen LogP) is 13.5. The highest BCUT2D eigenvalue weighted by Crippen LogP contribution is 2.37. The van der Waals surface area contributed by atoms with Gasteiger partial charge in [-0.25, -0.2) is 0 Å². The molecule has 0 aliphatic carbocycles. The quantitative estimate of drug-likeness (QED) is 0.135. The summed E-state index contributed by atoms with van der Waals surface area (Å²) in [6, 6.07) is 58.0. The summed E-state index contributed by atoms with van der Waals surface area (Å²) in [4.78, 5) is 0. The lowest BCUT2D eigenvalue weighted by Crippen LogP contribution is -1.85. The van der Waals surface area contributed by atoms with Crippen LogP contribution in [0.3, 0.4) is 0 Å². The van der Waals surface area contributed by atoms with Gasteiger partial charge < -0.3 is 0 Å². The molecule has 0 aliphatic rings. The largest absolute Gasteiger partial charge is 0.0610 e. The van der Waals surface area contributed by atoms with Crippen LogP contribution in [0.5, 0.6) is 0 Å². The topological polar surface area (TPSA) is 0 Å². The number of hydrogen-bond donors (Lipinski definition) is 0. The Balaban J connectivity index is 0.873. The second-order valence-electron chi connectivity index (χ2n) is 13.0. The van der Waals surface area contributed by atoms with Crippen molar-refractivity contribution in [1.29, 1.82) is 0 Å². The maximum absolute atomic E-state index is 2.30. The lowest BCUT2D eigenvalue weighted by Gasteiger charge is -2.11. The van der Waals surface area contributed by atoms with Gasteiger partial charge in [-0.3, -0.25) is 0 Å². The molecule has 0 fully saturated rings. The second-order valence-corrected chi connectivity index (χ2v) is 13.0. The van der Waals surface area contributed by atoms with E-state index in [2.05, 4.69) is 182 Å². The van der Waals surface area contributed by atoms with Gasteiger partial charge in [-0.15, -0.1) is 0 Å². The van der Waals surface area contributed by atoms with Gasteiger partial charge in [-0.05, 0) is 122 Å². The van der Waals surface area contributed by atoms with Crippen LogP contribution in [-0.2, 0) is 0 Å². The summed E-state index contributed by atoms with van der Waals surface area (Å²) >= 11 is 0. The van der Waals surface area contributed by atoms with Crippen molar-refractivity contribution in [3.05, 3.63) is 180 Å². The summed E-state index contributed by atoms with van der Waals surface area (Å²) in [5.74, 6) is 0. The average Bonchev–Trinajstić information content (AvgIpc) is 3.14. The molecule has 0 radical (unpaired) electrons. The highest BCUT2D eigenvalue weighted by Gasteiger charge is 2.10. The van der Waals surface area contributed by atoms with Crippen molar-refractivity contribution in [3.63, 3.8) is 0 Å². The van der Waals surface area contributed by atoms with E-state index in [1.807, 2.05) is 0 Å². The van der Waals surface area contributed by atoms with Crippen LogP contribution >= 0.6 is 0 Å². The molecule has 0 heteroatoms. The number of rotatable bonds is 5. The molecule has 0 atom stereocenters. The van der Waals surface area contributed by atoms with Crippen LogP contribution in [0.15, 0.2) is 158 Å². The summed E-state index contributed by atoms with van der Waals surface area (Å²) in [5.41, 5.74) is 7.26. The molecule has 48 heavy (non-hydrogen) atoms. The summed E-state index contributed by atoms with van der Waals surface area (Å²) in [7, 11) is 0. The molecule has 10 aromatic rings. The Hall–Kier alpha value is -6.24. The van der Waals surface area contributed by atoms with Crippen molar-refractivity contribution in [2.45, 2.75) is 0 Å². The zero-order chi connectivity index (χ0) is 31.6. The number of benzene rings is 10.